The maximum atomic E-state index is 12.2. The number of hydrogen-bond acceptors (Lipinski definition) is 1. The van der Waals surface area contributed by atoms with E-state index < -0.39 is 0 Å². The summed E-state index contributed by atoms with van der Waals surface area (Å²) < 4.78 is 1.04. The summed E-state index contributed by atoms with van der Waals surface area (Å²) >= 11 is 15.7. The molecule has 0 heterocycles. The van der Waals surface area contributed by atoms with Gasteiger partial charge in [-0.25, -0.2) is 0 Å². The minimum absolute atomic E-state index is 0.117. The van der Waals surface area contributed by atoms with Crippen LogP contribution in [-0.2, 0) is 11.3 Å². The second kappa shape index (κ2) is 8.15. The van der Waals surface area contributed by atoms with Crippen LogP contribution in [0.4, 0.5) is 5.69 Å². The molecule has 0 saturated carbocycles. The number of carbonyl (C=O) groups is 1. The normalized spacial score (nSPS) is 12.0. The highest BCUT2D eigenvalue weighted by Gasteiger charge is 2.15. The van der Waals surface area contributed by atoms with Crippen molar-refractivity contribution in [3.63, 3.8) is 0 Å². The number of carbonyl (C=O) groups excluding carboxylic acids is 1. The number of amides is 1. The zero-order chi connectivity index (χ0) is 17.0. The Hall–Kier alpha value is -1.07. The molecule has 3 nitrogen and oxygen atoms in total. The van der Waals surface area contributed by atoms with Crippen molar-refractivity contribution < 1.29 is 9.69 Å². The molecule has 0 aliphatic heterocycles. The van der Waals surface area contributed by atoms with Crippen molar-refractivity contribution in [2.75, 3.05) is 18.9 Å². The first-order chi connectivity index (χ1) is 10.9. The van der Waals surface area contributed by atoms with E-state index in [-0.39, 0.29) is 5.91 Å². The number of hydrogen-bond donors (Lipinski definition) is 2. The summed E-state index contributed by atoms with van der Waals surface area (Å²) in [6.45, 7) is 2.96. The van der Waals surface area contributed by atoms with Crippen molar-refractivity contribution in [3.8, 4) is 0 Å². The summed E-state index contributed by atoms with van der Waals surface area (Å²) in [5, 5.41) is 3.74. The minimum atomic E-state index is -0.117. The predicted octanol–water partition coefficient (Wildman–Crippen LogP) is 3.72. The zero-order valence-electron chi connectivity index (χ0n) is 12.9. The van der Waals surface area contributed by atoms with Crippen LogP contribution in [0.5, 0.6) is 0 Å². The van der Waals surface area contributed by atoms with Crippen LogP contribution >= 0.6 is 39.1 Å². The molecule has 2 N–H and O–H groups in total. The van der Waals surface area contributed by atoms with Gasteiger partial charge >= 0.3 is 0 Å². The number of likely N-dealkylation sites (N-methyl/N-ethyl adjacent to an activating group) is 1. The minimum Gasteiger partial charge on any atom is -0.326 e. The van der Waals surface area contributed by atoms with Crippen molar-refractivity contribution in [2.24, 2.45) is 0 Å². The van der Waals surface area contributed by atoms with E-state index in [4.69, 9.17) is 23.2 Å². The number of anilines is 1. The van der Waals surface area contributed by atoms with Crippen molar-refractivity contribution in [3.05, 3.63) is 62.0 Å². The summed E-state index contributed by atoms with van der Waals surface area (Å²) in [6.07, 6.45) is 0. The van der Waals surface area contributed by atoms with Crippen LogP contribution in [0.15, 0.2) is 40.9 Å². The Bertz CT molecular complexity index is 704. The SMILES string of the molecule is Cc1ccc(Cl)c(NC(=O)C[NH+](C)Cc2ccc(Br)cc2)c1Cl. The Morgan fingerprint density at radius 3 is 2.48 bits per heavy atom. The maximum absolute atomic E-state index is 12.2. The summed E-state index contributed by atoms with van der Waals surface area (Å²) in [4.78, 5) is 13.3. The molecule has 2 aromatic carbocycles. The molecule has 122 valence electrons. The molecule has 6 heteroatoms. The lowest BCUT2D eigenvalue weighted by atomic mass is 10.2. The van der Waals surface area contributed by atoms with Crippen molar-refractivity contribution in [1.29, 1.82) is 0 Å². The van der Waals surface area contributed by atoms with Gasteiger partial charge in [-0.05, 0) is 30.7 Å². The number of aryl methyl sites for hydroxylation is 1. The van der Waals surface area contributed by atoms with Gasteiger partial charge < -0.3 is 10.2 Å². The molecule has 0 aliphatic rings. The zero-order valence-corrected chi connectivity index (χ0v) is 16.0. The first-order valence-corrected chi connectivity index (χ1v) is 8.72. The molecular weight excluding hydrogens is 399 g/mol. The second-order valence-corrected chi connectivity index (χ2v) is 7.24. The van der Waals surface area contributed by atoms with Crippen LogP contribution in [0.3, 0.4) is 0 Å². The summed E-state index contributed by atoms with van der Waals surface area (Å²) in [5.74, 6) is -0.117. The van der Waals surface area contributed by atoms with Crippen LogP contribution in [0.2, 0.25) is 10.0 Å². The third-order valence-electron chi connectivity index (χ3n) is 3.43. The molecule has 0 radical (unpaired) electrons. The number of nitrogens with one attached hydrogen (secondary N) is 2. The maximum Gasteiger partial charge on any atom is 0.279 e. The first-order valence-electron chi connectivity index (χ1n) is 7.17. The fraction of sp³-hybridized carbons (Fsp3) is 0.235. The van der Waals surface area contributed by atoms with Crippen molar-refractivity contribution in [1.82, 2.24) is 0 Å². The Kier molecular flexibility index (Phi) is 6.48. The molecule has 0 aromatic heterocycles. The molecule has 0 saturated heterocycles. The summed E-state index contributed by atoms with van der Waals surface area (Å²) in [7, 11) is 1.97. The van der Waals surface area contributed by atoms with Gasteiger partial charge in [-0.15, -0.1) is 0 Å². The largest absolute Gasteiger partial charge is 0.326 e. The van der Waals surface area contributed by atoms with Crippen LogP contribution < -0.4 is 10.2 Å². The van der Waals surface area contributed by atoms with E-state index in [1.807, 2.05) is 44.3 Å². The van der Waals surface area contributed by atoms with Crippen LogP contribution in [-0.4, -0.2) is 19.5 Å². The van der Waals surface area contributed by atoms with Crippen LogP contribution in [0.25, 0.3) is 0 Å². The number of rotatable bonds is 5. The fourth-order valence-electron chi connectivity index (χ4n) is 2.24. The number of quaternary nitrogens is 1. The second-order valence-electron chi connectivity index (χ2n) is 5.54. The van der Waals surface area contributed by atoms with Gasteiger partial charge in [0.25, 0.3) is 5.91 Å². The van der Waals surface area contributed by atoms with Gasteiger partial charge in [-0.1, -0.05) is 57.3 Å². The van der Waals surface area contributed by atoms with Crippen molar-refractivity contribution in [2.45, 2.75) is 13.5 Å². The van der Waals surface area contributed by atoms with Crippen molar-refractivity contribution >= 4 is 50.7 Å². The fourth-order valence-corrected chi connectivity index (χ4v) is 2.97. The molecule has 2 rings (SSSR count). The van der Waals surface area contributed by atoms with Gasteiger partial charge in [0.05, 0.1) is 22.8 Å². The number of benzene rings is 2. The van der Waals surface area contributed by atoms with Gasteiger partial charge in [-0.2, -0.15) is 0 Å². The lowest BCUT2D eigenvalue weighted by Gasteiger charge is -2.15. The van der Waals surface area contributed by atoms with Gasteiger partial charge in [-0.3, -0.25) is 4.79 Å². The standard InChI is InChI=1S/C17H17BrCl2N2O/c1-11-3-8-14(19)17(16(11)20)21-15(23)10-22(2)9-12-4-6-13(18)7-5-12/h3-8H,9-10H2,1-2H3,(H,21,23)/p+1. The molecule has 0 fully saturated rings. The Morgan fingerprint density at radius 1 is 1.17 bits per heavy atom. The average Bonchev–Trinajstić information content (AvgIpc) is 2.50. The third-order valence-corrected chi connectivity index (χ3v) is 4.76. The van der Waals surface area contributed by atoms with Gasteiger partial charge in [0, 0.05) is 10.0 Å². The predicted molar refractivity (Wildman–Crippen MR) is 99.4 cm³/mol. The van der Waals surface area contributed by atoms with E-state index in [1.165, 1.54) is 5.56 Å². The molecule has 1 amide bonds. The summed E-state index contributed by atoms with van der Waals surface area (Å²) in [5.41, 5.74) is 2.53. The lowest BCUT2D eigenvalue weighted by molar-refractivity contribution is -0.885. The highest BCUT2D eigenvalue weighted by atomic mass is 79.9. The summed E-state index contributed by atoms with van der Waals surface area (Å²) in [6, 6.07) is 11.6. The van der Waals surface area contributed by atoms with E-state index in [0.29, 0.717) is 22.3 Å². The Morgan fingerprint density at radius 2 is 1.83 bits per heavy atom. The van der Waals surface area contributed by atoms with E-state index in [9.17, 15) is 4.79 Å². The molecule has 1 unspecified atom stereocenters. The molecule has 0 spiro atoms. The molecular formula is C17H18BrCl2N2O+. The quantitative estimate of drug-likeness (QED) is 0.765. The van der Waals surface area contributed by atoms with Crippen LogP contribution in [0, 0.1) is 6.92 Å². The molecule has 23 heavy (non-hydrogen) atoms. The Labute approximate surface area is 154 Å². The highest BCUT2D eigenvalue weighted by molar-refractivity contribution is 9.10. The average molecular weight is 417 g/mol. The number of halogens is 3. The van der Waals surface area contributed by atoms with Gasteiger partial charge in [0.15, 0.2) is 6.54 Å². The van der Waals surface area contributed by atoms with Crippen LogP contribution in [0.1, 0.15) is 11.1 Å². The topological polar surface area (TPSA) is 33.5 Å². The van der Waals surface area contributed by atoms with E-state index in [2.05, 4.69) is 21.2 Å². The molecule has 0 aliphatic carbocycles. The lowest BCUT2D eigenvalue weighted by Crippen LogP contribution is -3.08. The highest BCUT2D eigenvalue weighted by Crippen LogP contribution is 2.32. The molecule has 1 atom stereocenters. The van der Waals surface area contributed by atoms with E-state index in [0.717, 1.165) is 21.5 Å². The monoisotopic (exact) mass is 415 g/mol. The Balaban J connectivity index is 1.97. The van der Waals surface area contributed by atoms with Gasteiger partial charge in [0.1, 0.15) is 6.54 Å². The molecule has 0 bridgehead atoms. The molecule has 2 aromatic rings. The first kappa shape index (κ1) is 18.3. The third kappa shape index (κ3) is 5.21. The van der Waals surface area contributed by atoms with Gasteiger partial charge in [0.2, 0.25) is 0 Å². The van der Waals surface area contributed by atoms with E-state index >= 15 is 0 Å². The van der Waals surface area contributed by atoms with E-state index in [1.54, 1.807) is 6.07 Å². The smallest absolute Gasteiger partial charge is 0.279 e.